The maximum absolute atomic E-state index is 13.7. The first-order valence-corrected chi connectivity index (χ1v) is 7.25. The molecule has 0 saturated heterocycles. The Balaban J connectivity index is 2.26. The third kappa shape index (κ3) is 3.13. The van der Waals surface area contributed by atoms with E-state index in [1.807, 2.05) is 18.4 Å². The summed E-state index contributed by atoms with van der Waals surface area (Å²) in [5, 5.41) is 5.00. The van der Waals surface area contributed by atoms with Crippen molar-refractivity contribution in [3.8, 4) is 0 Å². The van der Waals surface area contributed by atoms with E-state index in [2.05, 4.69) is 21.2 Å². The van der Waals surface area contributed by atoms with Crippen molar-refractivity contribution in [2.24, 2.45) is 5.73 Å². The number of primary amides is 1. The molecule has 3 N–H and O–H groups in total. The average Bonchev–Trinajstić information content (AvgIpc) is 2.78. The van der Waals surface area contributed by atoms with Crippen LogP contribution in [0.4, 0.5) is 10.1 Å². The summed E-state index contributed by atoms with van der Waals surface area (Å²) in [6, 6.07) is 5.89. The van der Waals surface area contributed by atoms with Gasteiger partial charge in [-0.25, -0.2) is 4.39 Å². The molecule has 100 valence electrons. The summed E-state index contributed by atoms with van der Waals surface area (Å²) in [6.45, 7) is 1.92. The van der Waals surface area contributed by atoms with Gasteiger partial charge in [0.05, 0.1) is 11.7 Å². The van der Waals surface area contributed by atoms with Crippen molar-refractivity contribution in [3.05, 3.63) is 50.4 Å². The fourth-order valence-electron chi connectivity index (χ4n) is 1.70. The second kappa shape index (κ2) is 5.71. The van der Waals surface area contributed by atoms with E-state index >= 15 is 0 Å². The molecule has 3 nitrogen and oxygen atoms in total. The molecule has 0 radical (unpaired) electrons. The molecule has 0 bridgehead atoms. The molecule has 0 spiro atoms. The van der Waals surface area contributed by atoms with Crippen LogP contribution in [0.5, 0.6) is 0 Å². The van der Waals surface area contributed by atoms with E-state index in [1.54, 1.807) is 11.3 Å². The normalized spacial score (nSPS) is 12.2. The number of rotatable bonds is 4. The summed E-state index contributed by atoms with van der Waals surface area (Å²) in [5.41, 5.74) is 5.73. The van der Waals surface area contributed by atoms with Crippen LogP contribution in [0.1, 0.15) is 28.2 Å². The Morgan fingerprint density at radius 2 is 2.21 bits per heavy atom. The molecular weight excluding hydrogens is 331 g/mol. The molecule has 1 aromatic heterocycles. The third-order valence-electron chi connectivity index (χ3n) is 2.66. The highest BCUT2D eigenvalue weighted by Crippen LogP contribution is 2.31. The van der Waals surface area contributed by atoms with E-state index in [-0.39, 0.29) is 17.3 Å². The van der Waals surface area contributed by atoms with E-state index in [0.29, 0.717) is 0 Å². The van der Waals surface area contributed by atoms with Crippen LogP contribution in [0, 0.1) is 5.82 Å². The molecule has 1 amide bonds. The first-order chi connectivity index (χ1) is 8.99. The minimum absolute atomic E-state index is 0.0769. The van der Waals surface area contributed by atoms with Crippen LogP contribution in [-0.2, 0) is 0 Å². The molecule has 6 heteroatoms. The lowest BCUT2D eigenvalue weighted by atomic mass is 10.1. The van der Waals surface area contributed by atoms with E-state index < -0.39 is 11.7 Å². The zero-order chi connectivity index (χ0) is 14.0. The number of carbonyl (C=O) groups is 1. The van der Waals surface area contributed by atoms with Crippen molar-refractivity contribution in [2.75, 3.05) is 5.32 Å². The van der Waals surface area contributed by atoms with Gasteiger partial charge < -0.3 is 11.1 Å². The van der Waals surface area contributed by atoms with Gasteiger partial charge in [0.25, 0.3) is 0 Å². The van der Waals surface area contributed by atoms with E-state index in [4.69, 9.17) is 5.73 Å². The highest BCUT2D eigenvalue weighted by atomic mass is 79.9. The van der Waals surface area contributed by atoms with Crippen molar-refractivity contribution in [1.29, 1.82) is 0 Å². The number of amides is 1. The summed E-state index contributed by atoms with van der Waals surface area (Å²) >= 11 is 5.01. The number of hydrogen-bond acceptors (Lipinski definition) is 3. The monoisotopic (exact) mass is 342 g/mol. The summed E-state index contributed by atoms with van der Waals surface area (Å²) in [6.07, 6.45) is 0. The van der Waals surface area contributed by atoms with Gasteiger partial charge in [-0.3, -0.25) is 4.79 Å². The topological polar surface area (TPSA) is 55.1 Å². The lowest BCUT2D eigenvalue weighted by Gasteiger charge is -2.15. The molecule has 0 aliphatic carbocycles. The molecule has 1 heterocycles. The van der Waals surface area contributed by atoms with Crippen molar-refractivity contribution in [1.82, 2.24) is 0 Å². The standard InChI is InChI=1S/C13H12BrFN2OS/c1-7(12-9(14)4-5-19-12)17-11-6-8(13(16)18)2-3-10(11)15/h2-7,17H,1H3,(H2,16,18). The largest absolute Gasteiger partial charge is 0.375 e. The van der Waals surface area contributed by atoms with Gasteiger partial charge in [0.2, 0.25) is 5.91 Å². The molecule has 19 heavy (non-hydrogen) atoms. The molecule has 2 rings (SSSR count). The number of nitrogens with one attached hydrogen (secondary N) is 1. The summed E-state index contributed by atoms with van der Waals surface area (Å²) < 4.78 is 14.7. The smallest absolute Gasteiger partial charge is 0.248 e. The molecule has 0 aliphatic rings. The number of hydrogen-bond donors (Lipinski definition) is 2. The van der Waals surface area contributed by atoms with Gasteiger partial charge in [0.15, 0.2) is 0 Å². The molecule has 0 aliphatic heterocycles. The van der Waals surface area contributed by atoms with E-state index in [1.165, 1.54) is 18.2 Å². The third-order valence-corrected chi connectivity index (χ3v) is 4.71. The second-order valence-electron chi connectivity index (χ2n) is 4.06. The first-order valence-electron chi connectivity index (χ1n) is 5.58. The van der Waals surface area contributed by atoms with Crippen LogP contribution in [0.15, 0.2) is 34.1 Å². The number of nitrogens with two attached hydrogens (primary N) is 1. The van der Waals surface area contributed by atoms with Crippen LogP contribution >= 0.6 is 27.3 Å². The van der Waals surface area contributed by atoms with Crippen LogP contribution in [-0.4, -0.2) is 5.91 Å². The molecular formula is C13H12BrFN2OS. The fraction of sp³-hybridized carbons (Fsp3) is 0.154. The van der Waals surface area contributed by atoms with Crippen LogP contribution < -0.4 is 11.1 Å². The second-order valence-corrected chi connectivity index (χ2v) is 5.86. The zero-order valence-corrected chi connectivity index (χ0v) is 12.5. The first kappa shape index (κ1) is 14.0. The van der Waals surface area contributed by atoms with Gasteiger partial charge in [0.1, 0.15) is 5.82 Å². The summed E-state index contributed by atoms with van der Waals surface area (Å²) in [5.74, 6) is -0.988. The number of thiophene rings is 1. The average molecular weight is 343 g/mol. The maximum atomic E-state index is 13.7. The fourth-order valence-corrected chi connectivity index (χ4v) is 3.43. The zero-order valence-electron chi connectivity index (χ0n) is 10.1. The number of carbonyl (C=O) groups excluding carboxylic acids is 1. The van der Waals surface area contributed by atoms with Crippen molar-refractivity contribution >= 4 is 38.9 Å². The molecule has 0 saturated carbocycles. The Kier molecular flexibility index (Phi) is 4.21. The Morgan fingerprint density at radius 3 is 2.79 bits per heavy atom. The number of halogens is 2. The predicted octanol–water partition coefficient (Wildman–Crippen LogP) is 3.92. The highest BCUT2D eigenvalue weighted by molar-refractivity contribution is 9.10. The molecule has 2 aromatic rings. The Morgan fingerprint density at radius 1 is 1.47 bits per heavy atom. The lowest BCUT2D eigenvalue weighted by Crippen LogP contribution is -2.13. The Labute approximate surface area is 122 Å². The SMILES string of the molecule is CC(Nc1cc(C(N)=O)ccc1F)c1sccc1Br. The van der Waals surface area contributed by atoms with E-state index in [9.17, 15) is 9.18 Å². The van der Waals surface area contributed by atoms with Crippen LogP contribution in [0.3, 0.4) is 0 Å². The number of anilines is 1. The Bertz CT molecular complexity index is 614. The van der Waals surface area contributed by atoms with Gasteiger partial charge in [0, 0.05) is 14.9 Å². The van der Waals surface area contributed by atoms with Crippen molar-refractivity contribution in [3.63, 3.8) is 0 Å². The van der Waals surface area contributed by atoms with Crippen molar-refractivity contribution in [2.45, 2.75) is 13.0 Å². The molecule has 1 aromatic carbocycles. The molecule has 1 atom stereocenters. The van der Waals surface area contributed by atoms with E-state index in [0.717, 1.165) is 9.35 Å². The quantitative estimate of drug-likeness (QED) is 0.884. The summed E-state index contributed by atoms with van der Waals surface area (Å²) in [4.78, 5) is 12.2. The van der Waals surface area contributed by atoms with Crippen LogP contribution in [0.2, 0.25) is 0 Å². The molecule has 1 unspecified atom stereocenters. The lowest BCUT2D eigenvalue weighted by molar-refractivity contribution is 0.100. The summed E-state index contributed by atoms with van der Waals surface area (Å²) in [7, 11) is 0. The number of benzene rings is 1. The highest BCUT2D eigenvalue weighted by Gasteiger charge is 2.14. The minimum Gasteiger partial charge on any atom is -0.375 e. The maximum Gasteiger partial charge on any atom is 0.248 e. The van der Waals surface area contributed by atoms with Gasteiger partial charge in [-0.1, -0.05) is 0 Å². The van der Waals surface area contributed by atoms with Gasteiger partial charge >= 0.3 is 0 Å². The van der Waals surface area contributed by atoms with Crippen LogP contribution in [0.25, 0.3) is 0 Å². The minimum atomic E-state index is -0.576. The Hall–Kier alpha value is -1.40. The predicted molar refractivity (Wildman–Crippen MR) is 79.0 cm³/mol. The van der Waals surface area contributed by atoms with Gasteiger partial charge in [-0.2, -0.15) is 0 Å². The van der Waals surface area contributed by atoms with Gasteiger partial charge in [-0.15, -0.1) is 11.3 Å². The van der Waals surface area contributed by atoms with Gasteiger partial charge in [-0.05, 0) is 52.5 Å². The molecule has 0 fully saturated rings. The van der Waals surface area contributed by atoms with Crippen molar-refractivity contribution < 1.29 is 9.18 Å².